The molecular weight excluding hydrogens is 418 g/mol. The van der Waals surface area contributed by atoms with Crippen LogP contribution >= 0.6 is 0 Å². The van der Waals surface area contributed by atoms with E-state index >= 15 is 0 Å². The third-order valence-corrected chi connectivity index (χ3v) is 5.35. The first-order valence-corrected chi connectivity index (χ1v) is 10.7. The molecule has 0 aliphatic heterocycles. The lowest BCUT2D eigenvalue weighted by molar-refractivity contribution is -0.384. The Morgan fingerprint density at radius 3 is 2.25 bits per heavy atom. The number of rotatable bonds is 8. The van der Waals surface area contributed by atoms with E-state index in [1.807, 2.05) is 0 Å². The quantitative estimate of drug-likeness (QED) is 0.408. The number of amides is 2. The van der Waals surface area contributed by atoms with Crippen LogP contribution in [-0.4, -0.2) is 46.2 Å². The van der Waals surface area contributed by atoms with Crippen molar-refractivity contribution in [1.82, 2.24) is 10.6 Å². The van der Waals surface area contributed by atoms with Gasteiger partial charge in [0.25, 0.3) is 5.69 Å². The number of nitrogens with zero attached hydrogens (tertiary/aromatic N) is 1. The largest absolute Gasteiger partial charge is 0.480 e. The van der Waals surface area contributed by atoms with Crippen molar-refractivity contribution in [2.45, 2.75) is 64.5 Å². The van der Waals surface area contributed by atoms with Crippen LogP contribution in [0.25, 0.3) is 0 Å². The van der Waals surface area contributed by atoms with Crippen molar-refractivity contribution in [2.24, 2.45) is 11.8 Å². The van der Waals surface area contributed by atoms with E-state index in [2.05, 4.69) is 10.6 Å². The number of carbonyl (C=O) groups is 3. The van der Waals surface area contributed by atoms with Crippen LogP contribution in [0, 0.1) is 22.0 Å². The number of nitro benzene ring substituents is 1. The summed E-state index contributed by atoms with van der Waals surface area (Å²) in [6.45, 7) is 5.86. The number of ether oxygens (including phenoxy) is 1. The fourth-order valence-electron chi connectivity index (χ4n) is 3.65. The number of nitro groups is 1. The molecule has 2 rings (SSSR count). The van der Waals surface area contributed by atoms with Crippen LogP contribution in [0.1, 0.15) is 52.0 Å². The summed E-state index contributed by atoms with van der Waals surface area (Å²) < 4.78 is 5.22. The number of benzene rings is 1. The van der Waals surface area contributed by atoms with Gasteiger partial charge in [-0.2, -0.15) is 0 Å². The molecule has 1 aliphatic rings. The standard InChI is InChI=1S/C22H31N3O7/c1-22(2,3)32-21(29)23-13-15-4-8-16(9-5-15)19(26)24-18(20(27)28)12-14-6-10-17(11-7-14)25(30)31/h6-7,10-11,15-16,18H,4-5,8-9,12-13H2,1-3H3,(H,23,29)(H,24,26)(H,27,28)/t15?,16?,18-/m0/s1. The molecule has 0 radical (unpaired) electrons. The van der Waals surface area contributed by atoms with Gasteiger partial charge in [0.1, 0.15) is 11.6 Å². The van der Waals surface area contributed by atoms with Gasteiger partial charge >= 0.3 is 12.1 Å². The summed E-state index contributed by atoms with van der Waals surface area (Å²) in [5.41, 5.74) is -0.0579. The Morgan fingerprint density at radius 2 is 1.75 bits per heavy atom. The molecule has 0 saturated heterocycles. The van der Waals surface area contributed by atoms with Gasteiger partial charge in [-0.15, -0.1) is 0 Å². The topological polar surface area (TPSA) is 148 Å². The van der Waals surface area contributed by atoms with E-state index in [1.54, 1.807) is 20.8 Å². The van der Waals surface area contributed by atoms with E-state index in [0.717, 1.165) is 12.8 Å². The highest BCUT2D eigenvalue weighted by atomic mass is 16.6. The molecule has 0 aromatic heterocycles. The molecule has 3 N–H and O–H groups in total. The van der Waals surface area contributed by atoms with Crippen molar-refractivity contribution in [3.63, 3.8) is 0 Å². The van der Waals surface area contributed by atoms with E-state index in [9.17, 15) is 29.6 Å². The molecule has 10 heteroatoms. The van der Waals surface area contributed by atoms with Crippen LogP contribution in [0.3, 0.4) is 0 Å². The predicted molar refractivity (Wildman–Crippen MR) is 116 cm³/mol. The molecule has 1 aliphatic carbocycles. The molecule has 0 bridgehead atoms. The molecular formula is C22H31N3O7. The van der Waals surface area contributed by atoms with E-state index in [0.29, 0.717) is 24.9 Å². The summed E-state index contributed by atoms with van der Waals surface area (Å²) in [5.74, 6) is -1.52. The second kappa shape index (κ2) is 10.9. The van der Waals surface area contributed by atoms with E-state index in [4.69, 9.17) is 4.74 Å². The molecule has 1 atom stereocenters. The molecule has 176 valence electrons. The number of carboxylic acid groups (broad SMARTS) is 1. The summed E-state index contributed by atoms with van der Waals surface area (Å²) in [4.78, 5) is 46.2. The fourth-order valence-corrected chi connectivity index (χ4v) is 3.65. The molecule has 1 fully saturated rings. The summed E-state index contributed by atoms with van der Waals surface area (Å²) in [7, 11) is 0. The highest BCUT2D eigenvalue weighted by Gasteiger charge is 2.30. The maximum atomic E-state index is 12.6. The lowest BCUT2D eigenvalue weighted by atomic mass is 9.81. The maximum absolute atomic E-state index is 12.6. The highest BCUT2D eigenvalue weighted by molar-refractivity contribution is 5.85. The van der Waals surface area contributed by atoms with Gasteiger partial charge in [-0.3, -0.25) is 14.9 Å². The molecule has 2 amide bonds. The minimum atomic E-state index is -1.16. The number of hydrogen-bond donors (Lipinski definition) is 3. The zero-order chi connectivity index (χ0) is 23.9. The monoisotopic (exact) mass is 449 g/mol. The average Bonchev–Trinajstić information content (AvgIpc) is 2.71. The molecule has 1 saturated carbocycles. The Morgan fingerprint density at radius 1 is 1.16 bits per heavy atom. The van der Waals surface area contributed by atoms with Crippen molar-refractivity contribution < 1.29 is 29.2 Å². The van der Waals surface area contributed by atoms with Crippen LogP contribution < -0.4 is 10.6 Å². The Labute approximate surface area is 186 Å². The minimum Gasteiger partial charge on any atom is -0.480 e. The van der Waals surface area contributed by atoms with Gasteiger partial charge in [-0.1, -0.05) is 12.1 Å². The molecule has 0 heterocycles. The fraction of sp³-hybridized carbons (Fsp3) is 0.591. The minimum absolute atomic E-state index is 0.0359. The Kier molecular flexibility index (Phi) is 8.56. The van der Waals surface area contributed by atoms with Crippen LogP contribution in [0.15, 0.2) is 24.3 Å². The molecule has 1 aromatic rings. The molecule has 10 nitrogen and oxygen atoms in total. The first-order valence-electron chi connectivity index (χ1n) is 10.7. The van der Waals surface area contributed by atoms with Gasteiger partial charge in [-0.25, -0.2) is 9.59 Å². The number of alkyl carbamates (subject to hydrolysis) is 1. The van der Waals surface area contributed by atoms with Crippen LogP contribution in [0.5, 0.6) is 0 Å². The predicted octanol–water partition coefficient (Wildman–Crippen LogP) is 3.04. The number of non-ortho nitro benzene ring substituents is 1. The molecule has 0 unspecified atom stereocenters. The highest BCUT2D eigenvalue weighted by Crippen LogP contribution is 2.29. The Balaban J connectivity index is 1.81. The summed E-state index contributed by atoms with van der Waals surface area (Å²) in [6, 6.07) is 4.48. The summed E-state index contributed by atoms with van der Waals surface area (Å²) >= 11 is 0. The van der Waals surface area contributed by atoms with Gasteiger partial charge in [0.15, 0.2) is 0 Å². The van der Waals surface area contributed by atoms with Gasteiger partial charge in [0, 0.05) is 31.0 Å². The lowest BCUT2D eigenvalue weighted by Gasteiger charge is -2.29. The first-order chi connectivity index (χ1) is 14.9. The molecule has 32 heavy (non-hydrogen) atoms. The van der Waals surface area contributed by atoms with Gasteiger partial charge in [-0.05, 0) is 57.9 Å². The van der Waals surface area contributed by atoms with E-state index in [-0.39, 0.29) is 29.9 Å². The second-order valence-electron chi connectivity index (χ2n) is 9.13. The van der Waals surface area contributed by atoms with Crippen LogP contribution in [-0.2, 0) is 20.7 Å². The zero-order valence-electron chi connectivity index (χ0n) is 18.6. The van der Waals surface area contributed by atoms with Crippen LogP contribution in [0.2, 0.25) is 0 Å². The van der Waals surface area contributed by atoms with Crippen molar-refractivity contribution in [3.05, 3.63) is 39.9 Å². The van der Waals surface area contributed by atoms with Crippen molar-refractivity contribution in [2.75, 3.05) is 6.54 Å². The smallest absolute Gasteiger partial charge is 0.407 e. The van der Waals surface area contributed by atoms with Crippen molar-refractivity contribution >= 4 is 23.7 Å². The number of carbonyl (C=O) groups excluding carboxylic acids is 2. The van der Waals surface area contributed by atoms with Crippen molar-refractivity contribution in [3.8, 4) is 0 Å². The number of hydrogen-bond acceptors (Lipinski definition) is 6. The maximum Gasteiger partial charge on any atom is 0.407 e. The lowest BCUT2D eigenvalue weighted by Crippen LogP contribution is -2.46. The zero-order valence-corrected chi connectivity index (χ0v) is 18.6. The van der Waals surface area contributed by atoms with Gasteiger partial charge in [0.2, 0.25) is 5.91 Å². The van der Waals surface area contributed by atoms with Gasteiger partial charge in [0.05, 0.1) is 4.92 Å². The van der Waals surface area contributed by atoms with E-state index < -0.39 is 28.6 Å². The normalized spacial score (nSPS) is 19.5. The number of carboxylic acids is 1. The first kappa shape index (κ1) is 25.1. The third-order valence-electron chi connectivity index (χ3n) is 5.35. The third kappa shape index (κ3) is 8.16. The molecule has 0 spiro atoms. The van der Waals surface area contributed by atoms with Crippen molar-refractivity contribution in [1.29, 1.82) is 0 Å². The van der Waals surface area contributed by atoms with Gasteiger partial charge < -0.3 is 20.5 Å². The molecule has 1 aromatic carbocycles. The summed E-state index contributed by atoms with van der Waals surface area (Å²) in [6.07, 6.45) is 2.27. The summed E-state index contributed by atoms with van der Waals surface area (Å²) in [5, 5.41) is 25.6. The SMILES string of the molecule is CC(C)(C)OC(=O)NCC1CCC(C(=O)N[C@@H](Cc2ccc([N+](=O)[O-])cc2)C(=O)O)CC1. The van der Waals surface area contributed by atoms with Crippen LogP contribution in [0.4, 0.5) is 10.5 Å². The second-order valence-corrected chi connectivity index (χ2v) is 9.13. The Bertz CT molecular complexity index is 825. The van der Waals surface area contributed by atoms with E-state index in [1.165, 1.54) is 24.3 Å². The average molecular weight is 450 g/mol. The number of aliphatic carboxylic acids is 1. The Hall–Kier alpha value is -3.17. The number of nitrogens with one attached hydrogen (secondary N) is 2.